The predicted octanol–water partition coefficient (Wildman–Crippen LogP) is 4.03. The first kappa shape index (κ1) is 14.2. The van der Waals surface area contributed by atoms with E-state index < -0.39 is 0 Å². The van der Waals surface area contributed by atoms with Gasteiger partial charge in [-0.3, -0.25) is 0 Å². The zero-order valence-electron chi connectivity index (χ0n) is 11.8. The van der Waals surface area contributed by atoms with Gasteiger partial charge in [0, 0.05) is 6.04 Å². The minimum Gasteiger partial charge on any atom is -0.314 e. The Hall–Kier alpha value is -0.820. The van der Waals surface area contributed by atoms with Crippen molar-refractivity contribution in [3.05, 3.63) is 35.9 Å². The molecule has 1 unspecified atom stereocenters. The van der Waals surface area contributed by atoms with E-state index in [-0.39, 0.29) is 0 Å². The lowest BCUT2D eigenvalue weighted by Crippen LogP contribution is -2.29. The van der Waals surface area contributed by atoms with Gasteiger partial charge in [-0.25, -0.2) is 0 Å². The summed E-state index contributed by atoms with van der Waals surface area (Å²) in [4.78, 5) is 0. The third-order valence-corrected chi connectivity index (χ3v) is 3.08. The second-order valence-corrected chi connectivity index (χ2v) is 6.19. The normalized spacial score (nSPS) is 13.6. The van der Waals surface area contributed by atoms with Crippen LogP contribution in [0.2, 0.25) is 0 Å². The lowest BCUT2D eigenvalue weighted by Gasteiger charge is -2.20. The first-order valence-corrected chi connectivity index (χ1v) is 6.75. The van der Waals surface area contributed by atoms with Crippen LogP contribution in [0, 0.1) is 5.41 Å². The highest BCUT2D eigenvalue weighted by atomic mass is 14.9. The van der Waals surface area contributed by atoms with Crippen molar-refractivity contribution in [1.29, 1.82) is 0 Å². The van der Waals surface area contributed by atoms with Gasteiger partial charge in [-0.15, -0.1) is 0 Å². The molecule has 0 bridgehead atoms. The maximum absolute atomic E-state index is 3.61. The number of hydrogen-bond donors (Lipinski definition) is 1. The summed E-state index contributed by atoms with van der Waals surface area (Å²) >= 11 is 0. The molecule has 1 heteroatoms. The highest BCUT2D eigenvalue weighted by Gasteiger charge is 2.10. The van der Waals surface area contributed by atoms with E-state index in [1.165, 1.54) is 24.8 Å². The fourth-order valence-corrected chi connectivity index (χ4v) is 1.82. The van der Waals surface area contributed by atoms with Gasteiger partial charge in [0.2, 0.25) is 0 Å². The fraction of sp³-hybridized carbons (Fsp3) is 0.625. The Morgan fingerprint density at radius 3 is 2.35 bits per heavy atom. The van der Waals surface area contributed by atoms with E-state index in [4.69, 9.17) is 0 Å². The van der Waals surface area contributed by atoms with Crippen molar-refractivity contribution in [1.82, 2.24) is 5.32 Å². The summed E-state index contributed by atoms with van der Waals surface area (Å²) in [7, 11) is 0. The van der Waals surface area contributed by atoms with Gasteiger partial charge in [-0.05, 0) is 43.7 Å². The summed E-state index contributed by atoms with van der Waals surface area (Å²) in [6, 6.07) is 11.3. The van der Waals surface area contributed by atoms with E-state index >= 15 is 0 Å². The van der Waals surface area contributed by atoms with Gasteiger partial charge in [-0.2, -0.15) is 0 Å². The zero-order chi connectivity index (χ0) is 12.7. The van der Waals surface area contributed by atoms with Gasteiger partial charge < -0.3 is 5.32 Å². The molecule has 0 radical (unpaired) electrons. The maximum Gasteiger partial charge on any atom is 0.00418 e. The molecular formula is C16H27N. The van der Waals surface area contributed by atoms with Crippen molar-refractivity contribution in [2.75, 3.05) is 6.54 Å². The van der Waals surface area contributed by atoms with Gasteiger partial charge in [-0.1, -0.05) is 51.1 Å². The molecule has 0 saturated carbocycles. The molecule has 96 valence electrons. The molecule has 1 N–H and O–H groups in total. The van der Waals surface area contributed by atoms with Crippen LogP contribution in [-0.2, 0) is 6.42 Å². The average Bonchev–Trinajstić information content (AvgIpc) is 2.26. The summed E-state index contributed by atoms with van der Waals surface area (Å²) in [5.74, 6) is 0. The van der Waals surface area contributed by atoms with Crippen LogP contribution in [0.5, 0.6) is 0 Å². The van der Waals surface area contributed by atoms with Crippen molar-refractivity contribution in [3.8, 4) is 0 Å². The number of aryl methyl sites for hydroxylation is 1. The Bertz CT molecular complexity index is 297. The Morgan fingerprint density at radius 1 is 1.12 bits per heavy atom. The molecule has 0 spiro atoms. The van der Waals surface area contributed by atoms with Crippen molar-refractivity contribution >= 4 is 0 Å². The van der Waals surface area contributed by atoms with Crippen LogP contribution in [0.1, 0.15) is 46.1 Å². The van der Waals surface area contributed by atoms with Gasteiger partial charge in [0.25, 0.3) is 0 Å². The van der Waals surface area contributed by atoms with E-state index in [0.717, 1.165) is 6.54 Å². The molecule has 0 heterocycles. The summed E-state index contributed by atoms with van der Waals surface area (Å²) in [5.41, 5.74) is 1.88. The highest BCUT2D eigenvalue weighted by molar-refractivity contribution is 5.14. The monoisotopic (exact) mass is 233 g/mol. The number of benzene rings is 1. The van der Waals surface area contributed by atoms with Gasteiger partial charge in [0.15, 0.2) is 0 Å². The third kappa shape index (κ3) is 7.17. The first-order chi connectivity index (χ1) is 7.97. The first-order valence-electron chi connectivity index (χ1n) is 6.75. The Morgan fingerprint density at radius 2 is 1.76 bits per heavy atom. The van der Waals surface area contributed by atoms with Gasteiger partial charge in [0.05, 0.1) is 0 Å². The topological polar surface area (TPSA) is 12.0 Å². The van der Waals surface area contributed by atoms with Crippen molar-refractivity contribution in [2.45, 2.75) is 53.0 Å². The van der Waals surface area contributed by atoms with Crippen LogP contribution in [0.3, 0.4) is 0 Å². The smallest absolute Gasteiger partial charge is 0.00418 e. The van der Waals surface area contributed by atoms with Crippen molar-refractivity contribution < 1.29 is 0 Å². The summed E-state index contributed by atoms with van der Waals surface area (Å²) in [6.45, 7) is 10.3. The maximum atomic E-state index is 3.61. The SMILES string of the molecule is CC(CCc1ccccc1)NCCC(C)(C)C. The van der Waals surface area contributed by atoms with E-state index in [9.17, 15) is 0 Å². The molecule has 0 amide bonds. The molecule has 1 nitrogen and oxygen atoms in total. The molecule has 0 aliphatic heterocycles. The molecule has 0 saturated heterocycles. The molecule has 0 aromatic heterocycles. The molecule has 17 heavy (non-hydrogen) atoms. The van der Waals surface area contributed by atoms with E-state index in [1.54, 1.807) is 0 Å². The van der Waals surface area contributed by atoms with Crippen LogP contribution in [0.15, 0.2) is 30.3 Å². The number of nitrogens with one attached hydrogen (secondary N) is 1. The van der Waals surface area contributed by atoms with E-state index in [0.29, 0.717) is 11.5 Å². The second kappa shape index (κ2) is 6.80. The Balaban J connectivity index is 2.15. The van der Waals surface area contributed by atoms with Crippen molar-refractivity contribution in [3.63, 3.8) is 0 Å². The predicted molar refractivity (Wildman–Crippen MR) is 76.3 cm³/mol. The Kier molecular flexibility index (Phi) is 5.70. The van der Waals surface area contributed by atoms with Crippen LogP contribution >= 0.6 is 0 Å². The highest BCUT2D eigenvalue weighted by Crippen LogP contribution is 2.17. The summed E-state index contributed by atoms with van der Waals surface area (Å²) in [6.07, 6.45) is 3.63. The zero-order valence-corrected chi connectivity index (χ0v) is 11.8. The largest absolute Gasteiger partial charge is 0.314 e. The quantitative estimate of drug-likeness (QED) is 0.782. The molecule has 1 aromatic carbocycles. The average molecular weight is 233 g/mol. The fourth-order valence-electron chi connectivity index (χ4n) is 1.82. The van der Waals surface area contributed by atoms with Crippen LogP contribution in [0.4, 0.5) is 0 Å². The number of hydrogen-bond acceptors (Lipinski definition) is 1. The molecule has 1 rings (SSSR count). The summed E-state index contributed by atoms with van der Waals surface area (Å²) in [5, 5.41) is 3.61. The van der Waals surface area contributed by atoms with E-state index in [2.05, 4.69) is 63.3 Å². The number of rotatable bonds is 6. The van der Waals surface area contributed by atoms with Gasteiger partial charge >= 0.3 is 0 Å². The summed E-state index contributed by atoms with van der Waals surface area (Å²) < 4.78 is 0. The molecule has 0 fully saturated rings. The Labute approximate surface area is 107 Å². The lowest BCUT2D eigenvalue weighted by molar-refractivity contribution is 0.353. The van der Waals surface area contributed by atoms with Crippen LogP contribution < -0.4 is 5.32 Å². The van der Waals surface area contributed by atoms with Crippen molar-refractivity contribution in [2.24, 2.45) is 5.41 Å². The standard InChI is InChI=1S/C16H27N/c1-14(17-13-12-16(2,3)4)10-11-15-8-6-5-7-9-15/h5-9,14,17H,10-13H2,1-4H3. The second-order valence-electron chi connectivity index (χ2n) is 6.19. The van der Waals surface area contributed by atoms with Gasteiger partial charge in [0.1, 0.15) is 0 Å². The molecule has 0 aliphatic carbocycles. The molecule has 1 atom stereocenters. The molecule has 1 aromatic rings. The van der Waals surface area contributed by atoms with Crippen LogP contribution in [-0.4, -0.2) is 12.6 Å². The minimum absolute atomic E-state index is 0.437. The third-order valence-electron chi connectivity index (χ3n) is 3.08. The molecular weight excluding hydrogens is 206 g/mol. The molecule has 0 aliphatic rings. The van der Waals surface area contributed by atoms with Crippen LogP contribution in [0.25, 0.3) is 0 Å². The minimum atomic E-state index is 0.437. The lowest BCUT2D eigenvalue weighted by atomic mass is 9.92. The van der Waals surface area contributed by atoms with E-state index in [1.807, 2.05) is 0 Å².